The van der Waals surface area contributed by atoms with Crippen LogP contribution in [0, 0.1) is 26.6 Å². The molecule has 0 aliphatic carbocycles. The summed E-state index contributed by atoms with van der Waals surface area (Å²) in [5.41, 5.74) is 2.63. The zero-order chi connectivity index (χ0) is 17.5. The van der Waals surface area contributed by atoms with Crippen molar-refractivity contribution >= 4 is 17.3 Å². The Kier molecular flexibility index (Phi) is 6.73. The Hall–Kier alpha value is -1.95. The molecule has 0 spiro atoms. The van der Waals surface area contributed by atoms with E-state index >= 15 is 0 Å². The Balaban J connectivity index is 1.91. The van der Waals surface area contributed by atoms with E-state index < -0.39 is 0 Å². The Morgan fingerprint density at radius 3 is 2.67 bits per heavy atom. The van der Waals surface area contributed by atoms with Gasteiger partial charge in [-0.1, -0.05) is 12.1 Å². The number of thiazole rings is 1. The highest BCUT2D eigenvalue weighted by Gasteiger charge is 2.04. The summed E-state index contributed by atoms with van der Waals surface area (Å²) >= 11 is 1.74. The zero-order valence-electron chi connectivity index (χ0n) is 14.7. The molecule has 0 fully saturated rings. The van der Waals surface area contributed by atoms with Crippen molar-refractivity contribution in [2.75, 3.05) is 13.1 Å². The number of aryl methyl sites for hydroxylation is 3. The summed E-state index contributed by atoms with van der Waals surface area (Å²) in [6.07, 6.45) is 0.864. The third-order valence-electron chi connectivity index (χ3n) is 3.70. The monoisotopic (exact) mass is 348 g/mol. The SMILES string of the molecule is CCNC(=NCc1ccc(C)c(F)c1)NCCc1nc(C)c(C)s1. The van der Waals surface area contributed by atoms with Gasteiger partial charge in [-0.05, 0) is 44.9 Å². The number of aliphatic imine (C=N–C) groups is 1. The molecule has 130 valence electrons. The van der Waals surface area contributed by atoms with Crippen molar-refractivity contribution in [2.24, 2.45) is 4.99 Å². The maximum absolute atomic E-state index is 13.6. The molecule has 4 nitrogen and oxygen atoms in total. The van der Waals surface area contributed by atoms with Gasteiger partial charge in [0.2, 0.25) is 0 Å². The molecular weight excluding hydrogens is 323 g/mol. The third-order valence-corrected chi connectivity index (χ3v) is 4.84. The molecule has 0 saturated heterocycles. The quantitative estimate of drug-likeness (QED) is 0.620. The molecule has 2 rings (SSSR count). The number of halogens is 1. The Labute approximate surface area is 147 Å². The number of nitrogens with zero attached hydrogens (tertiary/aromatic N) is 2. The molecule has 24 heavy (non-hydrogen) atoms. The molecule has 0 aliphatic heterocycles. The molecule has 6 heteroatoms. The van der Waals surface area contributed by atoms with Crippen LogP contribution >= 0.6 is 11.3 Å². The number of benzene rings is 1. The molecule has 0 radical (unpaired) electrons. The molecule has 2 N–H and O–H groups in total. The first-order valence-corrected chi connectivity index (χ1v) is 9.01. The number of rotatable bonds is 6. The van der Waals surface area contributed by atoms with Crippen LogP contribution in [0.3, 0.4) is 0 Å². The standard InChI is InChI=1S/C18H25FN4S/c1-5-20-18(21-9-8-17-23-13(3)14(4)24-17)22-11-15-7-6-12(2)16(19)10-15/h6-7,10H,5,8-9,11H2,1-4H3,(H2,20,21,22). The fourth-order valence-corrected chi connectivity index (χ4v) is 3.11. The molecule has 1 heterocycles. The van der Waals surface area contributed by atoms with Gasteiger partial charge in [0.25, 0.3) is 0 Å². The van der Waals surface area contributed by atoms with Gasteiger partial charge in [-0.3, -0.25) is 0 Å². The van der Waals surface area contributed by atoms with Gasteiger partial charge in [-0.2, -0.15) is 0 Å². The minimum absolute atomic E-state index is 0.185. The van der Waals surface area contributed by atoms with Gasteiger partial charge in [0.05, 0.1) is 17.2 Å². The van der Waals surface area contributed by atoms with Crippen molar-refractivity contribution in [2.45, 2.75) is 40.7 Å². The Morgan fingerprint density at radius 1 is 1.25 bits per heavy atom. The number of hydrogen-bond acceptors (Lipinski definition) is 3. The van der Waals surface area contributed by atoms with E-state index in [0.29, 0.717) is 12.1 Å². The zero-order valence-corrected chi connectivity index (χ0v) is 15.6. The smallest absolute Gasteiger partial charge is 0.191 e. The van der Waals surface area contributed by atoms with Crippen LogP contribution in [0.15, 0.2) is 23.2 Å². The number of hydrogen-bond donors (Lipinski definition) is 2. The van der Waals surface area contributed by atoms with Crippen LogP contribution < -0.4 is 10.6 Å². The summed E-state index contributed by atoms with van der Waals surface area (Å²) in [5.74, 6) is 0.554. The molecule has 1 aromatic heterocycles. The lowest BCUT2D eigenvalue weighted by molar-refractivity contribution is 0.616. The second kappa shape index (κ2) is 8.78. The van der Waals surface area contributed by atoms with Gasteiger partial charge in [-0.25, -0.2) is 14.4 Å². The molecule has 0 atom stereocenters. The molecular formula is C18H25FN4S. The summed E-state index contributed by atoms with van der Waals surface area (Å²) in [6.45, 7) is 9.91. The fourth-order valence-electron chi connectivity index (χ4n) is 2.18. The van der Waals surface area contributed by atoms with E-state index in [0.717, 1.165) is 41.7 Å². The average molecular weight is 348 g/mol. The summed E-state index contributed by atoms with van der Waals surface area (Å²) < 4.78 is 13.6. The van der Waals surface area contributed by atoms with Crippen molar-refractivity contribution in [1.29, 1.82) is 0 Å². The van der Waals surface area contributed by atoms with Crippen LogP contribution in [0.4, 0.5) is 4.39 Å². The van der Waals surface area contributed by atoms with E-state index in [4.69, 9.17) is 0 Å². The van der Waals surface area contributed by atoms with E-state index in [1.54, 1.807) is 30.4 Å². The predicted octanol–water partition coefficient (Wildman–Crippen LogP) is 3.51. The van der Waals surface area contributed by atoms with Crippen molar-refractivity contribution in [1.82, 2.24) is 15.6 Å². The summed E-state index contributed by atoms with van der Waals surface area (Å²) in [7, 11) is 0. The minimum Gasteiger partial charge on any atom is -0.357 e. The van der Waals surface area contributed by atoms with Gasteiger partial charge >= 0.3 is 0 Å². The number of aromatic nitrogens is 1. The van der Waals surface area contributed by atoms with Crippen molar-refractivity contribution in [3.63, 3.8) is 0 Å². The van der Waals surface area contributed by atoms with Crippen molar-refractivity contribution in [3.05, 3.63) is 50.7 Å². The van der Waals surface area contributed by atoms with Crippen LogP contribution in [0.25, 0.3) is 0 Å². The van der Waals surface area contributed by atoms with Crippen molar-refractivity contribution in [3.8, 4) is 0 Å². The lowest BCUT2D eigenvalue weighted by atomic mass is 10.1. The second-order valence-corrected chi connectivity index (χ2v) is 6.99. The molecule has 0 amide bonds. The summed E-state index contributed by atoms with van der Waals surface area (Å²) in [6, 6.07) is 5.24. The maximum Gasteiger partial charge on any atom is 0.191 e. The lowest BCUT2D eigenvalue weighted by Crippen LogP contribution is -2.38. The van der Waals surface area contributed by atoms with Crippen LogP contribution in [0.1, 0.15) is 33.6 Å². The van der Waals surface area contributed by atoms with E-state index in [1.807, 2.05) is 19.9 Å². The number of guanidine groups is 1. The van der Waals surface area contributed by atoms with Gasteiger partial charge in [0, 0.05) is 24.4 Å². The first kappa shape index (κ1) is 18.4. The van der Waals surface area contributed by atoms with Gasteiger partial charge in [-0.15, -0.1) is 11.3 Å². The van der Waals surface area contributed by atoms with Crippen molar-refractivity contribution < 1.29 is 4.39 Å². The van der Waals surface area contributed by atoms with E-state index in [-0.39, 0.29) is 5.82 Å². The Morgan fingerprint density at radius 2 is 2.04 bits per heavy atom. The fraction of sp³-hybridized carbons (Fsp3) is 0.444. The lowest BCUT2D eigenvalue weighted by Gasteiger charge is -2.10. The number of nitrogens with one attached hydrogen (secondary N) is 2. The molecule has 0 saturated carbocycles. The highest BCUT2D eigenvalue weighted by molar-refractivity contribution is 7.11. The maximum atomic E-state index is 13.6. The second-order valence-electron chi connectivity index (χ2n) is 5.70. The highest BCUT2D eigenvalue weighted by atomic mass is 32.1. The van der Waals surface area contributed by atoms with Crippen LogP contribution in [0.5, 0.6) is 0 Å². The third kappa shape index (κ3) is 5.30. The van der Waals surface area contributed by atoms with Gasteiger partial charge < -0.3 is 10.6 Å². The normalized spacial score (nSPS) is 11.6. The van der Waals surface area contributed by atoms with E-state index in [1.165, 1.54) is 4.88 Å². The van der Waals surface area contributed by atoms with Gasteiger partial charge in [0.1, 0.15) is 5.82 Å². The van der Waals surface area contributed by atoms with E-state index in [2.05, 4.69) is 27.5 Å². The van der Waals surface area contributed by atoms with E-state index in [9.17, 15) is 4.39 Å². The Bertz CT molecular complexity index is 690. The highest BCUT2D eigenvalue weighted by Crippen LogP contribution is 2.16. The molecule has 0 unspecified atom stereocenters. The first-order chi connectivity index (χ1) is 11.5. The topological polar surface area (TPSA) is 49.3 Å². The van der Waals surface area contributed by atoms with Crippen LogP contribution in [-0.2, 0) is 13.0 Å². The van der Waals surface area contributed by atoms with Gasteiger partial charge in [0.15, 0.2) is 5.96 Å². The van der Waals surface area contributed by atoms with Crippen LogP contribution in [0.2, 0.25) is 0 Å². The average Bonchev–Trinajstić information content (AvgIpc) is 2.86. The largest absolute Gasteiger partial charge is 0.357 e. The van der Waals surface area contributed by atoms with Crippen LogP contribution in [-0.4, -0.2) is 24.0 Å². The molecule has 1 aromatic carbocycles. The minimum atomic E-state index is -0.185. The molecule has 0 aliphatic rings. The molecule has 0 bridgehead atoms. The summed E-state index contributed by atoms with van der Waals surface area (Å²) in [4.78, 5) is 10.3. The molecule has 2 aromatic rings. The first-order valence-electron chi connectivity index (χ1n) is 8.19. The summed E-state index contributed by atoms with van der Waals surface area (Å²) in [5, 5.41) is 7.65. The predicted molar refractivity (Wildman–Crippen MR) is 99.2 cm³/mol.